The minimum absolute atomic E-state index is 0.687. The number of nitrogens with one attached hydrogen (secondary N) is 1. The highest BCUT2D eigenvalue weighted by Gasteiger charge is 2.26. The summed E-state index contributed by atoms with van der Waals surface area (Å²) in [6, 6.07) is 5.59. The van der Waals surface area contributed by atoms with Crippen LogP contribution in [0.15, 0.2) is 24.4 Å². The summed E-state index contributed by atoms with van der Waals surface area (Å²) in [5, 5.41) is 13.3. The highest BCUT2D eigenvalue weighted by Crippen LogP contribution is 2.16. The third kappa shape index (κ3) is 2.79. The predicted octanol–water partition coefficient (Wildman–Crippen LogP) is 0.548. The summed E-state index contributed by atoms with van der Waals surface area (Å²) < 4.78 is 0. The van der Waals surface area contributed by atoms with Crippen molar-refractivity contribution in [3.05, 3.63) is 30.1 Å². The van der Waals surface area contributed by atoms with Crippen molar-refractivity contribution >= 4 is 0 Å². The molecule has 3 nitrogen and oxygen atoms in total. The number of piperidine rings is 1. The topological polar surface area (TPSA) is 45.2 Å². The Labute approximate surface area is 89.5 Å². The maximum absolute atomic E-state index is 10.1. The summed E-state index contributed by atoms with van der Waals surface area (Å²) in [5.74, 6) is 5.83. The van der Waals surface area contributed by atoms with Crippen LogP contribution in [0.3, 0.4) is 0 Å². The van der Waals surface area contributed by atoms with Crippen molar-refractivity contribution < 1.29 is 5.11 Å². The number of rotatable bonds is 0. The lowest BCUT2D eigenvalue weighted by molar-refractivity contribution is 0.0679. The van der Waals surface area contributed by atoms with Gasteiger partial charge in [0.2, 0.25) is 0 Å². The standard InChI is InChI=1S/C12H14N2O/c15-12(6-9-13-10-7-12)5-4-11-3-1-2-8-14-11/h1-3,8,13,15H,6-7,9-10H2. The first-order valence-corrected chi connectivity index (χ1v) is 5.16. The van der Waals surface area contributed by atoms with E-state index in [9.17, 15) is 5.11 Å². The maximum Gasteiger partial charge on any atom is 0.128 e. The fourth-order valence-electron chi connectivity index (χ4n) is 1.58. The Morgan fingerprint density at radius 3 is 2.80 bits per heavy atom. The van der Waals surface area contributed by atoms with Crippen molar-refractivity contribution in [3.8, 4) is 11.8 Å². The van der Waals surface area contributed by atoms with Gasteiger partial charge in [-0.05, 0) is 44.0 Å². The molecule has 78 valence electrons. The van der Waals surface area contributed by atoms with Crippen molar-refractivity contribution in [3.63, 3.8) is 0 Å². The van der Waals surface area contributed by atoms with Gasteiger partial charge < -0.3 is 10.4 Å². The van der Waals surface area contributed by atoms with Crippen LogP contribution in [0.25, 0.3) is 0 Å². The maximum atomic E-state index is 10.1. The Hall–Kier alpha value is -1.37. The van der Waals surface area contributed by atoms with Crippen molar-refractivity contribution in [2.45, 2.75) is 18.4 Å². The van der Waals surface area contributed by atoms with Gasteiger partial charge in [-0.3, -0.25) is 0 Å². The highest BCUT2D eigenvalue weighted by molar-refractivity contribution is 5.30. The third-order valence-electron chi connectivity index (χ3n) is 2.52. The highest BCUT2D eigenvalue weighted by atomic mass is 16.3. The van der Waals surface area contributed by atoms with E-state index in [2.05, 4.69) is 22.1 Å². The molecule has 2 heterocycles. The molecule has 0 aliphatic carbocycles. The van der Waals surface area contributed by atoms with Crippen LogP contribution in [0.5, 0.6) is 0 Å². The van der Waals surface area contributed by atoms with Gasteiger partial charge in [0.15, 0.2) is 0 Å². The molecule has 15 heavy (non-hydrogen) atoms. The van der Waals surface area contributed by atoms with E-state index in [1.807, 2.05) is 18.2 Å². The van der Waals surface area contributed by atoms with Crippen LogP contribution < -0.4 is 5.32 Å². The number of aliphatic hydroxyl groups is 1. The van der Waals surface area contributed by atoms with Crippen molar-refractivity contribution in [2.75, 3.05) is 13.1 Å². The summed E-state index contributed by atoms with van der Waals surface area (Å²) in [7, 11) is 0. The van der Waals surface area contributed by atoms with Gasteiger partial charge in [0.05, 0.1) is 0 Å². The lowest BCUT2D eigenvalue weighted by Crippen LogP contribution is -2.40. The molecule has 0 unspecified atom stereocenters. The SMILES string of the molecule is OC1(C#Cc2ccccn2)CCNCC1. The molecule has 0 amide bonds. The number of aromatic nitrogens is 1. The molecule has 1 aromatic rings. The zero-order valence-corrected chi connectivity index (χ0v) is 8.53. The molecule has 1 aromatic heterocycles. The number of hydrogen-bond acceptors (Lipinski definition) is 3. The second-order valence-corrected chi connectivity index (χ2v) is 3.75. The Morgan fingerprint density at radius 2 is 2.13 bits per heavy atom. The van der Waals surface area contributed by atoms with Gasteiger partial charge in [-0.25, -0.2) is 4.98 Å². The Balaban J connectivity index is 2.10. The van der Waals surface area contributed by atoms with Crippen molar-refractivity contribution in [2.24, 2.45) is 0 Å². The molecular formula is C12H14N2O. The first-order chi connectivity index (χ1) is 7.29. The van der Waals surface area contributed by atoms with E-state index in [0.29, 0.717) is 18.5 Å². The number of hydrogen-bond donors (Lipinski definition) is 2. The van der Waals surface area contributed by atoms with Crippen LogP contribution in [0, 0.1) is 11.8 Å². The molecule has 0 bridgehead atoms. The van der Waals surface area contributed by atoms with Gasteiger partial charge in [0.1, 0.15) is 11.3 Å². The second kappa shape index (κ2) is 4.43. The molecule has 1 fully saturated rings. The van der Waals surface area contributed by atoms with Crippen LogP contribution >= 0.6 is 0 Å². The number of pyridine rings is 1. The molecule has 0 saturated carbocycles. The Kier molecular flexibility index (Phi) is 3.00. The minimum Gasteiger partial charge on any atom is -0.377 e. The summed E-state index contributed by atoms with van der Waals surface area (Å²) in [4.78, 5) is 4.09. The van der Waals surface area contributed by atoms with Crippen molar-refractivity contribution in [1.29, 1.82) is 0 Å². The molecule has 2 rings (SSSR count). The van der Waals surface area contributed by atoms with E-state index in [0.717, 1.165) is 13.1 Å². The molecule has 1 aliphatic rings. The molecular weight excluding hydrogens is 188 g/mol. The van der Waals surface area contributed by atoms with E-state index >= 15 is 0 Å². The van der Waals surface area contributed by atoms with E-state index in [-0.39, 0.29) is 0 Å². The molecule has 2 N–H and O–H groups in total. The second-order valence-electron chi connectivity index (χ2n) is 3.75. The van der Waals surface area contributed by atoms with E-state index in [4.69, 9.17) is 0 Å². The normalized spacial score (nSPS) is 19.0. The molecule has 0 aromatic carbocycles. The smallest absolute Gasteiger partial charge is 0.128 e. The van der Waals surface area contributed by atoms with E-state index < -0.39 is 5.60 Å². The minimum atomic E-state index is -0.831. The van der Waals surface area contributed by atoms with Gasteiger partial charge in [-0.2, -0.15) is 0 Å². The van der Waals surface area contributed by atoms with Gasteiger partial charge >= 0.3 is 0 Å². The zero-order chi connectivity index (χ0) is 10.6. The van der Waals surface area contributed by atoms with E-state index in [1.165, 1.54) is 0 Å². The fourth-order valence-corrected chi connectivity index (χ4v) is 1.58. The zero-order valence-electron chi connectivity index (χ0n) is 8.53. The van der Waals surface area contributed by atoms with Gasteiger partial charge in [-0.1, -0.05) is 12.0 Å². The average molecular weight is 202 g/mol. The Bertz CT molecular complexity index is 372. The van der Waals surface area contributed by atoms with Crippen LogP contribution in [0.1, 0.15) is 18.5 Å². The van der Waals surface area contributed by atoms with Gasteiger partial charge in [0, 0.05) is 6.20 Å². The fraction of sp³-hybridized carbons (Fsp3) is 0.417. The van der Waals surface area contributed by atoms with Crippen LogP contribution in [0.4, 0.5) is 0 Å². The Morgan fingerprint density at radius 1 is 1.33 bits per heavy atom. The van der Waals surface area contributed by atoms with Gasteiger partial charge in [0.25, 0.3) is 0 Å². The predicted molar refractivity (Wildman–Crippen MR) is 58.2 cm³/mol. The quantitative estimate of drug-likeness (QED) is 0.604. The summed E-state index contributed by atoms with van der Waals surface area (Å²) in [5.41, 5.74) is -0.118. The molecule has 1 aliphatic heterocycles. The van der Waals surface area contributed by atoms with Crippen LogP contribution in [0.2, 0.25) is 0 Å². The lowest BCUT2D eigenvalue weighted by atomic mass is 9.93. The molecule has 0 spiro atoms. The lowest BCUT2D eigenvalue weighted by Gasteiger charge is -2.27. The van der Waals surface area contributed by atoms with Crippen LogP contribution in [-0.2, 0) is 0 Å². The average Bonchev–Trinajstić information content (AvgIpc) is 2.29. The van der Waals surface area contributed by atoms with E-state index in [1.54, 1.807) is 6.20 Å². The number of nitrogens with zero attached hydrogens (tertiary/aromatic N) is 1. The molecule has 3 heteroatoms. The third-order valence-corrected chi connectivity index (χ3v) is 2.52. The molecule has 0 atom stereocenters. The monoisotopic (exact) mass is 202 g/mol. The largest absolute Gasteiger partial charge is 0.377 e. The van der Waals surface area contributed by atoms with Crippen molar-refractivity contribution in [1.82, 2.24) is 10.3 Å². The first kappa shape index (κ1) is 10.2. The first-order valence-electron chi connectivity index (χ1n) is 5.16. The summed E-state index contributed by atoms with van der Waals surface area (Å²) >= 11 is 0. The summed E-state index contributed by atoms with van der Waals surface area (Å²) in [6.45, 7) is 1.65. The van der Waals surface area contributed by atoms with Crippen LogP contribution in [-0.4, -0.2) is 28.8 Å². The molecule has 1 saturated heterocycles. The summed E-state index contributed by atoms with van der Waals surface area (Å²) in [6.07, 6.45) is 3.08. The molecule has 0 radical (unpaired) electrons. The van der Waals surface area contributed by atoms with Gasteiger partial charge in [-0.15, -0.1) is 0 Å².